The predicted octanol–water partition coefficient (Wildman–Crippen LogP) is 2.75. The van der Waals surface area contributed by atoms with Gasteiger partial charge in [-0.1, -0.05) is 79.6 Å². The van der Waals surface area contributed by atoms with Crippen LogP contribution in [-0.2, 0) is 42.2 Å². The molecule has 3 saturated heterocycles. The molecule has 6 amide bonds. The van der Waals surface area contributed by atoms with E-state index in [1.807, 2.05) is 78.9 Å². The van der Waals surface area contributed by atoms with Crippen LogP contribution in [0.25, 0.3) is 11.0 Å². The smallest absolute Gasteiger partial charge is 0.329 e. The lowest BCUT2D eigenvalue weighted by Crippen LogP contribution is -2.59. The van der Waals surface area contributed by atoms with Crippen molar-refractivity contribution in [1.29, 1.82) is 0 Å². The summed E-state index contributed by atoms with van der Waals surface area (Å²) in [5.41, 5.74) is 10.4. The number of amides is 6. The number of fused-ring (bicyclic) bond motifs is 2. The van der Waals surface area contributed by atoms with Crippen LogP contribution in [0.3, 0.4) is 0 Å². The van der Waals surface area contributed by atoms with Gasteiger partial charge < -0.3 is 26.2 Å². The Morgan fingerprint density at radius 1 is 0.833 bits per heavy atom. The molecular formula is C45H54N8O7. The Kier molecular flexibility index (Phi) is 13.2. The van der Waals surface area contributed by atoms with Gasteiger partial charge in [0.15, 0.2) is 0 Å². The van der Waals surface area contributed by atoms with Crippen LogP contribution in [0.5, 0.6) is 0 Å². The van der Waals surface area contributed by atoms with Crippen molar-refractivity contribution in [3.05, 3.63) is 106 Å². The fraction of sp³-hybridized carbons (Fsp3) is 0.444. The fourth-order valence-corrected chi connectivity index (χ4v) is 8.95. The zero-order valence-electron chi connectivity index (χ0n) is 34.0. The topological polar surface area (TPSA) is 198 Å². The van der Waals surface area contributed by atoms with Gasteiger partial charge in [0.05, 0.1) is 23.6 Å². The standard InChI is InChI=1S/C45H54N8O7/c1-50-37-26-29(18-20-34(37)53(45(50)60)36-22-23-38(54)49-43(36)58)12-6-2-3-11-17-40(56)51-25-24-32-19-21-35(52(32)44(59)33(46)28-51)42(57)47-27-39(55)48-41(30-13-7-4-8-14-30)31-15-9-5-10-16-31/h4-5,7-10,13-16,18,20,26,32-33,35-36,41H,2-3,6,11-12,17,19,21-25,27-28,46H2,1H3,(H,47,57)(H,48,55)(H,49,54,58)/t32-,33+,35+,36?/m1/s1. The van der Waals surface area contributed by atoms with E-state index in [9.17, 15) is 33.6 Å². The molecule has 1 aromatic heterocycles. The minimum atomic E-state index is -0.969. The lowest BCUT2D eigenvalue weighted by molar-refractivity contribution is -0.144. The number of carbonyl (C=O) groups excluding carboxylic acids is 6. The zero-order valence-corrected chi connectivity index (χ0v) is 34.0. The van der Waals surface area contributed by atoms with Gasteiger partial charge in [-0.15, -0.1) is 0 Å². The molecular weight excluding hydrogens is 765 g/mol. The van der Waals surface area contributed by atoms with Gasteiger partial charge in [-0.2, -0.15) is 0 Å². The summed E-state index contributed by atoms with van der Waals surface area (Å²) in [5.74, 6) is -1.94. The van der Waals surface area contributed by atoms with E-state index in [0.717, 1.165) is 47.9 Å². The normalized spacial score (nSPS) is 20.8. The summed E-state index contributed by atoms with van der Waals surface area (Å²) < 4.78 is 3.02. The Hall–Kier alpha value is -6.09. The highest BCUT2D eigenvalue weighted by atomic mass is 16.2. The molecule has 7 rings (SSSR count). The van der Waals surface area contributed by atoms with E-state index in [-0.39, 0.29) is 61.3 Å². The van der Waals surface area contributed by atoms with E-state index in [1.165, 1.54) is 9.13 Å². The molecule has 0 spiro atoms. The van der Waals surface area contributed by atoms with E-state index >= 15 is 0 Å². The van der Waals surface area contributed by atoms with E-state index in [0.29, 0.717) is 44.2 Å². The average molecular weight is 819 g/mol. The first-order valence-corrected chi connectivity index (χ1v) is 21.1. The van der Waals surface area contributed by atoms with E-state index in [2.05, 4.69) is 16.0 Å². The summed E-state index contributed by atoms with van der Waals surface area (Å²) in [6, 6.07) is 22.0. The van der Waals surface area contributed by atoms with Crippen molar-refractivity contribution in [2.45, 2.75) is 101 Å². The van der Waals surface area contributed by atoms with Crippen molar-refractivity contribution in [3.8, 4) is 0 Å². The van der Waals surface area contributed by atoms with Crippen molar-refractivity contribution >= 4 is 46.5 Å². The molecule has 4 heterocycles. The maximum atomic E-state index is 13.7. The number of nitrogens with zero attached hydrogens (tertiary/aromatic N) is 4. The van der Waals surface area contributed by atoms with Crippen LogP contribution in [0.4, 0.5) is 0 Å². The van der Waals surface area contributed by atoms with Gasteiger partial charge in [-0.25, -0.2) is 4.79 Å². The predicted molar refractivity (Wildman–Crippen MR) is 224 cm³/mol. The summed E-state index contributed by atoms with van der Waals surface area (Å²) in [5, 5.41) is 8.12. The molecule has 0 aliphatic carbocycles. The fourth-order valence-electron chi connectivity index (χ4n) is 8.95. The number of unbranched alkanes of at least 4 members (excludes halogenated alkanes) is 3. The van der Waals surface area contributed by atoms with Crippen LogP contribution in [0.1, 0.15) is 93.0 Å². The number of aromatic nitrogens is 2. The molecule has 0 saturated carbocycles. The second-order valence-electron chi connectivity index (χ2n) is 16.2. The number of imide groups is 1. The number of nitrogens with two attached hydrogens (primary N) is 1. The Morgan fingerprint density at radius 2 is 1.53 bits per heavy atom. The first-order chi connectivity index (χ1) is 29.0. The first kappa shape index (κ1) is 42.0. The van der Waals surface area contributed by atoms with Gasteiger partial charge in [-0.05, 0) is 73.8 Å². The third-order valence-electron chi connectivity index (χ3n) is 12.2. The maximum absolute atomic E-state index is 13.7. The Balaban J connectivity index is 0.849. The van der Waals surface area contributed by atoms with E-state index in [1.54, 1.807) is 16.8 Å². The Labute approximate surface area is 348 Å². The molecule has 15 nitrogen and oxygen atoms in total. The summed E-state index contributed by atoms with van der Waals surface area (Å²) in [6.45, 7) is 0.274. The Bertz CT molecular complexity index is 2250. The van der Waals surface area contributed by atoms with Crippen molar-refractivity contribution < 1.29 is 28.8 Å². The van der Waals surface area contributed by atoms with Crippen LogP contribution in [0.15, 0.2) is 83.7 Å². The summed E-state index contributed by atoms with van der Waals surface area (Å²) in [6.07, 6.45) is 6.54. The number of imidazole rings is 1. The lowest BCUT2D eigenvalue weighted by atomic mass is 9.99. The van der Waals surface area contributed by atoms with Crippen molar-refractivity contribution in [1.82, 2.24) is 34.9 Å². The second-order valence-corrected chi connectivity index (χ2v) is 16.2. The number of nitrogens with one attached hydrogen (secondary N) is 3. The highest BCUT2D eigenvalue weighted by Gasteiger charge is 2.44. The molecule has 5 N–H and O–H groups in total. The highest BCUT2D eigenvalue weighted by molar-refractivity contribution is 6.00. The minimum absolute atomic E-state index is 0.0405. The maximum Gasteiger partial charge on any atom is 0.329 e. The van der Waals surface area contributed by atoms with Gasteiger partial charge in [0.1, 0.15) is 18.1 Å². The first-order valence-electron chi connectivity index (χ1n) is 21.1. The van der Waals surface area contributed by atoms with Gasteiger partial charge in [0.2, 0.25) is 35.4 Å². The molecule has 1 unspecified atom stereocenters. The SMILES string of the molecule is Cn1c(=O)n(C2CCC(=O)NC2=O)c2ccc(CCCCCCC(=O)N3CC[C@H]4CC[C@@H](C(=O)NCC(=O)NC(c5ccccc5)c5ccccc5)N4C(=O)[C@@H](N)C3)cc21. The third-order valence-corrected chi connectivity index (χ3v) is 12.2. The molecule has 3 fully saturated rings. The molecule has 0 bridgehead atoms. The third kappa shape index (κ3) is 9.36. The van der Waals surface area contributed by atoms with Crippen LogP contribution >= 0.6 is 0 Å². The molecule has 3 aromatic carbocycles. The zero-order chi connectivity index (χ0) is 42.3. The quantitative estimate of drug-likeness (QED) is 0.110. The lowest BCUT2D eigenvalue weighted by Gasteiger charge is -2.37. The molecule has 316 valence electrons. The van der Waals surface area contributed by atoms with Gasteiger partial charge in [-0.3, -0.25) is 43.2 Å². The number of carbonyl (C=O) groups is 6. The number of hydrogen-bond donors (Lipinski definition) is 4. The van der Waals surface area contributed by atoms with Gasteiger partial charge >= 0.3 is 5.69 Å². The number of rotatable bonds is 14. The van der Waals surface area contributed by atoms with Crippen LogP contribution in [0.2, 0.25) is 0 Å². The summed E-state index contributed by atoms with van der Waals surface area (Å²) in [7, 11) is 1.68. The van der Waals surface area contributed by atoms with Gasteiger partial charge in [0.25, 0.3) is 0 Å². The molecule has 3 aliphatic heterocycles. The summed E-state index contributed by atoms with van der Waals surface area (Å²) >= 11 is 0. The summed E-state index contributed by atoms with van der Waals surface area (Å²) in [4.78, 5) is 94.1. The van der Waals surface area contributed by atoms with Crippen LogP contribution in [-0.4, -0.2) is 92.1 Å². The number of piperidine rings is 1. The van der Waals surface area contributed by atoms with Gasteiger partial charge in [0, 0.05) is 39.0 Å². The highest BCUT2D eigenvalue weighted by Crippen LogP contribution is 2.30. The molecule has 4 aromatic rings. The molecule has 4 atom stereocenters. The number of benzene rings is 3. The Morgan fingerprint density at radius 3 is 2.23 bits per heavy atom. The molecule has 0 radical (unpaired) electrons. The minimum Gasteiger partial charge on any atom is -0.345 e. The average Bonchev–Trinajstić information content (AvgIpc) is 3.78. The molecule has 3 aliphatic rings. The monoisotopic (exact) mass is 818 g/mol. The van der Waals surface area contributed by atoms with Crippen molar-refractivity contribution in [2.24, 2.45) is 12.8 Å². The van der Waals surface area contributed by atoms with Crippen LogP contribution < -0.4 is 27.4 Å². The van der Waals surface area contributed by atoms with Crippen molar-refractivity contribution in [3.63, 3.8) is 0 Å². The molecule has 15 heteroatoms. The number of aryl methyl sites for hydroxylation is 2. The number of hydrogen-bond acceptors (Lipinski definition) is 8. The van der Waals surface area contributed by atoms with Crippen LogP contribution in [0, 0.1) is 0 Å². The van der Waals surface area contributed by atoms with E-state index in [4.69, 9.17) is 5.73 Å². The van der Waals surface area contributed by atoms with E-state index < -0.39 is 36.0 Å². The second kappa shape index (κ2) is 18.9. The largest absolute Gasteiger partial charge is 0.345 e. The van der Waals surface area contributed by atoms with Crippen molar-refractivity contribution in [2.75, 3.05) is 19.6 Å². The molecule has 60 heavy (non-hydrogen) atoms.